The summed E-state index contributed by atoms with van der Waals surface area (Å²) in [7, 11) is 1.81. The Morgan fingerprint density at radius 2 is 1.89 bits per heavy atom. The van der Waals surface area contributed by atoms with Crippen LogP contribution >= 0.6 is 0 Å². The van der Waals surface area contributed by atoms with Crippen molar-refractivity contribution in [1.82, 2.24) is 20.2 Å². The second-order valence-corrected chi connectivity index (χ2v) is 10.5. The molecular formula is C28H42N6O4. The van der Waals surface area contributed by atoms with Crippen molar-refractivity contribution in [2.45, 2.75) is 44.4 Å². The maximum atomic E-state index is 10.0. The third kappa shape index (κ3) is 6.73. The van der Waals surface area contributed by atoms with Gasteiger partial charge in [-0.1, -0.05) is 12.1 Å². The summed E-state index contributed by atoms with van der Waals surface area (Å²) in [5.74, 6) is 3.22. The molecule has 1 aromatic heterocycles. The third-order valence-corrected chi connectivity index (χ3v) is 7.69. The lowest BCUT2D eigenvalue weighted by Crippen LogP contribution is -2.49. The number of aromatic nitrogens is 2. The molecule has 1 aromatic carbocycles. The molecule has 2 unspecified atom stereocenters. The molecule has 208 valence electrons. The molecule has 3 aliphatic heterocycles. The van der Waals surface area contributed by atoms with Gasteiger partial charge in [-0.3, -0.25) is 4.90 Å². The number of ether oxygens (including phenoxy) is 3. The van der Waals surface area contributed by atoms with Gasteiger partial charge in [-0.2, -0.15) is 0 Å². The first-order valence-corrected chi connectivity index (χ1v) is 14.0. The molecule has 5 rings (SSSR count). The maximum Gasteiger partial charge on any atom is 0.164 e. The van der Waals surface area contributed by atoms with E-state index >= 15 is 0 Å². The van der Waals surface area contributed by atoms with Gasteiger partial charge in [0, 0.05) is 56.5 Å². The predicted molar refractivity (Wildman–Crippen MR) is 148 cm³/mol. The van der Waals surface area contributed by atoms with Crippen LogP contribution in [-0.2, 0) is 9.47 Å². The van der Waals surface area contributed by atoms with Crippen LogP contribution in [0.5, 0.6) is 5.75 Å². The molecule has 3 saturated heterocycles. The van der Waals surface area contributed by atoms with Gasteiger partial charge in [0.1, 0.15) is 30.1 Å². The van der Waals surface area contributed by atoms with Crippen molar-refractivity contribution >= 4 is 11.6 Å². The van der Waals surface area contributed by atoms with E-state index in [1.165, 1.54) is 0 Å². The summed E-state index contributed by atoms with van der Waals surface area (Å²) in [4.78, 5) is 15.1. The van der Waals surface area contributed by atoms with Gasteiger partial charge in [-0.05, 0) is 45.4 Å². The van der Waals surface area contributed by atoms with Crippen molar-refractivity contribution in [1.29, 1.82) is 0 Å². The second-order valence-electron chi connectivity index (χ2n) is 10.5. The van der Waals surface area contributed by atoms with Gasteiger partial charge >= 0.3 is 0 Å². The fraction of sp³-hybridized carbons (Fsp3) is 0.643. The Kier molecular flexibility index (Phi) is 9.29. The van der Waals surface area contributed by atoms with Crippen LogP contribution < -0.4 is 20.3 Å². The van der Waals surface area contributed by atoms with Crippen LogP contribution in [0.3, 0.4) is 0 Å². The van der Waals surface area contributed by atoms with E-state index in [4.69, 9.17) is 24.2 Å². The van der Waals surface area contributed by atoms with Crippen molar-refractivity contribution < 1.29 is 19.3 Å². The molecule has 0 spiro atoms. The molecule has 3 aliphatic rings. The maximum absolute atomic E-state index is 10.0. The summed E-state index contributed by atoms with van der Waals surface area (Å²) < 4.78 is 17.0. The predicted octanol–water partition coefficient (Wildman–Crippen LogP) is 1.91. The number of aliphatic hydroxyl groups is 1. The summed E-state index contributed by atoms with van der Waals surface area (Å²) in [5.41, 5.74) is 1.97. The highest BCUT2D eigenvalue weighted by molar-refractivity contribution is 5.67. The van der Waals surface area contributed by atoms with Crippen molar-refractivity contribution in [3.63, 3.8) is 0 Å². The minimum atomic E-state index is -0.573. The number of morpholine rings is 1. The van der Waals surface area contributed by atoms with Gasteiger partial charge in [0.2, 0.25) is 0 Å². The highest BCUT2D eigenvalue weighted by Crippen LogP contribution is 2.32. The summed E-state index contributed by atoms with van der Waals surface area (Å²) >= 11 is 0. The number of aliphatic hydroxyl groups excluding tert-OH is 1. The first kappa shape index (κ1) is 27.1. The molecule has 4 heterocycles. The number of rotatable bonds is 10. The van der Waals surface area contributed by atoms with Crippen LogP contribution in [0.25, 0.3) is 11.4 Å². The van der Waals surface area contributed by atoms with Crippen LogP contribution in [0.1, 0.15) is 24.8 Å². The van der Waals surface area contributed by atoms with E-state index in [1.54, 1.807) is 0 Å². The van der Waals surface area contributed by atoms with Crippen LogP contribution in [0, 0.1) is 6.92 Å². The van der Waals surface area contributed by atoms with Crippen LogP contribution in [0.2, 0.25) is 0 Å². The number of piperidine rings is 1. The average Bonchev–Trinajstić information content (AvgIpc) is 3.47. The molecule has 10 heteroatoms. The zero-order chi connectivity index (χ0) is 26.3. The van der Waals surface area contributed by atoms with Gasteiger partial charge in [-0.15, -0.1) is 0 Å². The topological polar surface area (TPSA) is 104 Å². The summed E-state index contributed by atoms with van der Waals surface area (Å²) in [6, 6.07) is 8.67. The fourth-order valence-electron chi connectivity index (χ4n) is 5.52. The first-order chi connectivity index (χ1) is 18.6. The molecule has 0 radical (unpaired) electrons. The smallest absolute Gasteiger partial charge is 0.164 e. The number of nitrogens with one attached hydrogen (secondary N) is 2. The molecule has 0 amide bonds. The van der Waals surface area contributed by atoms with Crippen molar-refractivity contribution in [2.24, 2.45) is 0 Å². The number of hydrogen-bond acceptors (Lipinski definition) is 10. The van der Waals surface area contributed by atoms with Crippen LogP contribution in [-0.4, -0.2) is 111 Å². The van der Waals surface area contributed by atoms with Gasteiger partial charge in [0.15, 0.2) is 5.82 Å². The lowest BCUT2D eigenvalue weighted by Gasteiger charge is -2.40. The molecule has 3 fully saturated rings. The van der Waals surface area contributed by atoms with E-state index in [0.717, 1.165) is 88.0 Å². The minimum Gasteiger partial charge on any atom is -0.491 e. The molecule has 0 saturated carbocycles. The van der Waals surface area contributed by atoms with E-state index in [1.807, 2.05) is 31.3 Å². The quantitative estimate of drug-likeness (QED) is 0.425. The van der Waals surface area contributed by atoms with E-state index in [-0.39, 0.29) is 12.6 Å². The number of benzene rings is 1. The highest BCUT2D eigenvalue weighted by Gasteiger charge is 2.28. The molecule has 0 bridgehead atoms. The molecule has 2 aromatic rings. The van der Waals surface area contributed by atoms with Crippen molar-refractivity contribution in [3.8, 4) is 17.1 Å². The van der Waals surface area contributed by atoms with E-state index in [2.05, 4.69) is 27.4 Å². The minimum absolute atomic E-state index is 0.219. The van der Waals surface area contributed by atoms with E-state index < -0.39 is 6.10 Å². The normalized spacial score (nSPS) is 22.0. The second kappa shape index (κ2) is 13.0. The molecule has 10 nitrogen and oxygen atoms in total. The van der Waals surface area contributed by atoms with E-state index in [0.29, 0.717) is 30.8 Å². The Morgan fingerprint density at radius 1 is 1.08 bits per heavy atom. The Morgan fingerprint density at radius 3 is 2.63 bits per heavy atom. The molecule has 2 atom stereocenters. The summed E-state index contributed by atoms with van der Waals surface area (Å²) in [5, 5.41) is 16.6. The highest BCUT2D eigenvalue weighted by atomic mass is 16.5. The van der Waals surface area contributed by atoms with Crippen LogP contribution in [0.4, 0.5) is 11.6 Å². The van der Waals surface area contributed by atoms with Gasteiger partial charge in [-0.25, -0.2) is 9.97 Å². The summed E-state index contributed by atoms with van der Waals surface area (Å²) in [6.07, 6.45) is 2.64. The Bertz CT molecular complexity index is 1040. The number of anilines is 2. The molecule has 38 heavy (non-hydrogen) atoms. The molecule has 3 N–H and O–H groups in total. The molecular weight excluding hydrogens is 484 g/mol. The Balaban J connectivity index is 1.37. The Labute approximate surface area is 225 Å². The lowest BCUT2D eigenvalue weighted by molar-refractivity contribution is 0.0114. The first-order valence-electron chi connectivity index (χ1n) is 14.0. The zero-order valence-corrected chi connectivity index (χ0v) is 22.7. The monoisotopic (exact) mass is 526 g/mol. The third-order valence-electron chi connectivity index (χ3n) is 7.69. The number of nitrogens with zero attached hydrogens (tertiary/aromatic N) is 4. The standard InChI is InChI=1S/C28H42N6O4/c1-20-26(30-22-8-13-37-18-22)31-27(21-4-3-5-25(16-21)38-19-24(35)17-29-2)32-28(20)34-9-6-23(7-10-34)33-11-14-36-15-12-33/h3-5,16,22-24,29,35H,6-15,17-19H2,1-2H3,(H,30,31,32). The zero-order valence-electron chi connectivity index (χ0n) is 22.7. The van der Waals surface area contributed by atoms with Crippen molar-refractivity contribution in [2.75, 3.05) is 83.0 Å². The number of hydrogen-bond donors (Lipinski definition) is 3. The average molecular weight is 527 g/mol. The number of likely N-dealkylation sites (N-methyl/N-ethyl adjacent to an activating group) is 1. The largest absolute Gasteiger partial charge is 0.491 e. The van der Waals surface area contributed by atoms with Gasteiger partial charge < -0.3 is 34.9 Å². The lowest BCUT2D eigenvalue weighted by atomic mass is 10.0. The molecule has 0 aliphatic carbocycles. The van der Waals surface area contributed by atoms with Gasteiger partial charge in [0.25, 0.3) is 0 Å². The SMILES string of the molecule is CNCC(O)COc1cccc(-c2nc(NC3CCOC3)c(C)c(N3CCC(N4CCOCC4)CC3)n2)c1. The Hall–Kier alpha value is -2.50. The van der Waals surface area contributed by atoms with Crippen molar-refractivity contribution in [3.05, 3.63) is 29.8 Å². The van der Waals surface area contributed by atoms with Gasteiger partial charge in [0.05, 0.1) is 25.9 Å². The fourth-order valence-corrected chi connectivity index (χ4v) is 5.52. The van der Waals surface area contributed by atoms with Crippen LogP contribution in [0.15, 0.2) is 24.3 Å². The summed E-state index contributed by atoms with van der Waals surface area (Å²) in [6.45, 7) is 9.96. The van der Waals surface area contributed by atoms with E-state index in [9.17, 15) is 5.11 Å².